The third-order valence-corrected chi connectivity index (χ3v) is 4.49. The van der Waals surface area contributed by atoms with Gasteiger partial charge in [0, 0.05) is 27.8 Å². The Hall–Kier alpha value is -0.290. The molecule has 1 aliphatic rings. The number of hydrogen-bond acceptors (Lipinski definition) is 2. The molecule has 2 rings (SSSR count). The fourth-order valence-electron chi connectivity index (χ4n) is 2.07. The van der Waals surface area contributed by atoms with Gasteiger partial charge in [0.15, 0.2) is 0 Å². The lowest BCUT2D eigenvalue weighted by Gasteiger charge is -2.22. The van der Waals surface area contributed by atoms with Crippen LogP contribution < -0.4 is 5.32 Å². The maximum atomic E-state index is 5.43. The molecule has 0 aromatic heterocycles. The van der Waals surface area contributed by atoms with Crippen molar-refractivity contribution in [3.63, 3.8) is 0 Å². The van der Waals surface area contributed by atoms with Crippen LogP contribution in [0.2, 0.25) is 0 Å². The molecule has 1 saturated heterocycles. The van der Waals surface area contributed by atoms with Crippen LogP contribution in [-0.4, -0.2) is 19.3 Å². The lowest BCUT2D eigenvalue weighted by molar-refractivity contribution is 0.183. The second-order valence-corrected chi connectivity index (χ2v) is 5.63. The molecule has 3 heteroatoms. The van der Waals surface area contributed by atoms with Crippen molar-refractivity contribution in [2.24, 2.45) is 5.92 Å². The zero-order valence-corrected chi connectivity index (χ0v) is 12.0. The second-order valence-electron chi connectivity index (χ2n) is 4.47. The molecule has 1 N–H and O–H groups in total. The minimum absolute atomic E-state index is 0.486. The summed E-state index contributed by atoms with van der Waals surface area (Å²) in [6.45, 7) is 6.24. The Morgan fingerprint density at radius 1 is 1.50 bits per heavy atom. The lowest BCUT2D eigenvalue weighted by atomic mass is 10.00. The van der Waals surface area contributed by atoms with Gasteiger partial charge in [-0.15, -0.1) is 0 Å². The first kappa shape index (κ1) is 12.2. The van der Waals surface area contributed by atoms with Crippen LogP contribution in [0.3, 0.4) is 0 Å². The molecule has 0 saturated carbocycles. The Morgan fingerprint density at radius 2 is 2.31 bits per heavy atom. The van der Waals surface area contributed by atoms with Gasteiger partial charge in [0.25, 0.3) is 0 Å². The zero-order valence-electron chi connectivity index (χ0n) is 9.79. The largest absolute Gasteiger partial charge is 0.382 e. The average Bonchev–Trinajstić information content (AvgIpc) is 2.78. The summed E-state index contributed by atoms with van der Waals surface area (Å²) in [6.07, 6.45) is 1.18. The maximum Gasteiger partial charge on any atom is 0.0514 e. The topological polar surface area (TPSA) is 21.3 Å². The molecule has 0 spiro atoms. The van der Waals surface area contributed by atoms with Crippen molar-refractivity contribution < 1.29 is 4.74 Å². The van der Waals surface area contributed by atoms with Crippen LogP contribution in [0.25, 0.3) is 0 Å². The van der Waals surface area contributed by atoms with E-state index in [1.54, 1.807) is 0 Å². The highest BCUT2D eigenvalue weighted by molar-refractivity contribution is 14.1. The third-order valence-electron chi connectivity index (χ3n) is 3.32. The minimum Gasteiger partial charge on any atom is -0.382 e. The molecular weight excluding hydrogens is 313 g/mol. The second kappa shape index (κ2) is 5.36. The van der Waals surface area contributed by atoms with Gasteiger partial charge in [0.1, 0.15) is 0 Å². The Balaban J connectivity index is 2.05. The Labute approximate surface area is 111 Å². The van der Waals surface area contributed by atoms with E-state index in [1.807, 2.05) is 0 Å². The Morgan fingerprint density at radius 3 is 3.00 bits per heavy atom. The molecule has 0 bridgehead atoms. The number of halogens is 1. The summed E-state index contributed by atoms with van der Waals surface area (Å²) in [5, 5.41) is 3.61. The molecule has 2 atom stereocenters. The van der Waals surface area contributed by atoms with E-state index in [-0.39, 0.29) is 0 Å². The highest BCUT2D eigenvalue weighted by Crippen LogP contribution is 2.24. The van der Waals surface area contributed by atoms with Crippen LogP contribution in [0.15, 0.2) is 18.2 Å². The molecule has 1 heterocycles. The predicted molar refractivity (Wildman–Crippen MR) is 75.9 cm³/mol. The predicted octanol–water partition coefficient (Wildman–Crippen LogP) is 3.44. The van der Waals surface area contributed by atoms with E-state index < -0.39 is 0 Å². The minimum atomic E-state index is 0.486. The number of benzene rings is 1. The fraction of sp³-hybridized carbons (Fsp3) is 0.538. The normalized spacial score (nSPS) is 22.1. The summed E-state index contributed by atoms with van der Waals surface area (Å²) < 4.78 is 6.75. The highest BCUT2D eigenvalue weighted by atomic mass is 127. The van der Waals surface area contributed by atoms with Gasteiger partial charge in [-0.1, -0.05) is 6.07 Å². The molecule has 16 heavy (non-hydrogen) atoms. The lowest BCUT2D eigenvalue weighted by Crippen LogP contribution is -2.26. The van der Waals surface area contributed by atoms with Crippen LogP contribution in [0.5, 0.6) is 0 Å². The van der Waals surface area contributed by atoms with E-state index >= 15 is 0 Å². The SMILES string of the molecule is Cc1c(I)cccc1NC(C)C1CCOC1. The first-order valence-electron chi connectivity index (χ1n) is 5.78. The number of rotatable bonds is 3. The van der Waals surface area contributed by atoms with Crippen LogP contribution in [0.4, 0.5) is 5.69 Å². The Kier molecular flexibility index (Phi) is 4.08. The summed E-state index contributed by atoms with van der Waals surface area (Å²) in [4.78, 5) is 0. The number of ether oxygens (including phenoxy) is 1. The van der Waals surface area contributed by atoms with E-state index in [4.69, 9.17) is 4.74 Å². The smallest absolute Gasteiger partial charge is 0.0514 e. The quantitative estimate of drug-likeness (QED) is 0.857. The summed E-state index contributed by atoms with van der Waals surface area (Å²) in [5.41, 5.74) is 2.60. The van der Waals surface area contributed by atoms with Gasteiger partial charge in [-0.2, -0.15) is 0 Å². The van der Waals surface area contributed by atoms with Crippen LogP contribution in [0.1, 0.15) is 18.9 Å². The van der Waals surface area contributed by atoms with E-state index in [0.29, 0.717) is 12.0 Å². The van der Waals surface area contributed by atoms with Gasteiger partial charge in [0.05, 0.1) is 6.61 Å². The van der Waals surface area contributed by atoms with Gasteiger partial charge in [-0.3, -0.25) is 0 Å². The summed E-state index contributed by atoms with van der Waals surface area (Å²) >= 11 is 2.38. The molecule has 2 nitrogen and oxygen atoms in total. The summed E-state index contributed by atoms with van der Waals surface area (Å²) in [7, 11) is 0. The fourth-order valence-corrected chi connectivity index (χ4v) is 2.57. The Bertz CT molecular complexity index is 361. The van der Waals surface area contributed by atoms with Gasteiger partial charge >= 0.3 is 0 Å². The summed E-state index contributed by atoms with van der Waals surface area (Å²) in [6, 6.07) is 6.89. The van der Waals surface area contributed by atoms with Crippen molar-refractivity contribution in [1.82, 2.24) is 0 Å². The van der Waals surface area contributed by atoms with E-state index in [2.05, 4.69) is 60.0 Å². The van der Waals surface area contributed by atoms with Crippen molar-refractivity contribution in [3.05, 3.63) is 27.3 Å². The van der Waals surface area contributed by atoms with E-state index in [1.165, 1.54) is 21.2 Å². The van der Waals surface area contributed by atoms with E-state index in [9.17, 15) is 0 Å². The monoisotopic (exact) mass is 331 g/mol. The first-order chi connectivity index (χ1) is 7.68. The average molecular weight is 331 g/mol. The van der Waals surface area contributed by atoms with Crippen molar-refractivity contribution in [2.45, 2.75) is 26.3 Å². The molecule has 1 aliphatic heterocycles. The molecule has 2 unspecified atom stereocenters. The standard InChI is InChI=1S/C13H18INO/c1-9-12(14)4-3-5-13(9)15-10(2)11-6-7-16-8-11/h3-5,10-11,15H,6-8H2,1-2H3. The van der Waals surface area contributed by atoms with Crippen LogP contribution in [-0.2, 0) is 4.74 Å². The maximum absolute atomic E-state index is 5.43. The molecule has 0 amide bonds. The molecule has 0 radical (unpaired) electrons. The van der Waals surface area contributed by atoms with Crippen LogP contribution in [0, 0.1) is 16.4 Å². The number of hydrogen-bond donors (Lipinski definition) is 1. The molecule has 1 aromatic rings. The van der Waals surface area contributed by atoms with Gasteiger partial charge in [0.2, 0.25) is 0 Å². The first-order valence-corrected chi connectivity index (χ1v) is 6.85. The summed E-state index contributed by atoms with van der Waals surface area (Å²) in [5.74, 6) is 0.650. The van der Waals surface area contributed by atoms with Crippen molar-refractivity contribution in [3.8, 4) is 0 Å². The third kappa shape index (κ3) is 2.69. The van der Waals surface area contributed by atoms with E-state index in [0.717, 1.165) is 13.2 Å². The van der Waals surface area contributed by atoms with Gasteiger partial charge in [-0.25, -0.2) is 0 Å². The molecule has 0 aliphatic carbocycles. The van der Waals surface area contributed by atoms with Crippen LogP contribution >= 0.6 is 22.6 Å². The number of nitrogens with one attached hydrogen (secondary N) is 1. The van der Waals surface area contributed by atoms with Crippen molar-refractivity contribution in [2.75, 3.05) is 18.5 Å². The molecule has 1 aromatic carbocycles. The molecule has 88 valence electrons. The highest BCUT2D eigenvalue weighted by Gasteiger charge is 2.22. The number of anilines is 1. The van der Waals surface area contributed by atoms with Gasteiger partial charge < -0.3 is 10.1 Å². The molecular formula is C13H18INO. The molecule has 1 fully saturated rings. The zero-order chi connectivity index (χ0) is 11.5. The van der Waals surface area contributed by atoms with Crippen molar-refractivity contribution >= 4 is 28.3 Å². The van der Waals surface area contributed by atoms with Gasteiger partial charge in [-0.05, 0) is 60.6 Å². The van der Waals surface area contributed by atoms with Crippen molar-refractivity contribution in [1.29, 1.82) is 0 Å².